The molecule has 0 aliphatic carbocycles. The van der Waals surface area contributed by atoms with E-state index < -0.39 is 5.97 Å². The van der Waals surface area contributed by atoms with E-state index in [0.717, 1.165) is 11.3 Å². The minimum atomic E-state index is -0.490. The van der Waals surface area contributed by atoms with Crippen LogP contribution in [0.1, 0.15) is 15.9 Å². The number of thiazole rings is 1. The Morgan fingerprint density at radius 2 is 1.83 bits per heavy atom. The smallest absolute Gasteiger partial charge is 0.325 e. The number of aromatic nitrogens is 1. The molecule has 0 radical (unpaired) electrons. The van der Waals surface area contributed by atoms with Gasteiger partial charge in [0, 0.05) is 11.1 Å². The second-order valence-corrected chi connectivity index (χ2v) is 5.90. The maximum atomic E-state index is 12.5. The summed E-state index contributed by atoms with van der Waals surface area (Å²) in [5.74, 6) is -0.593. The van der Waals surface area contributed by atoms with Crippen LogP contribution >= 0.6 is 11.3 Å². The molecule has 1 aromatic heterocycles. The van der Waals surface area contributed by atoms with Gasteiger partial charge in [-0.1, -0.05) is 41.7 Å². The average Bonchev–Trinajstić information content (AvgIpc) is 2.89. The zero-order chi connectivity index (χ0) is 16.4. The molecule has 0 bridgehead atoms. The predicted molar refractivity (Wildman–Crippen MR) is 88.0 cm³/mol. The fourth-order valence-corrected chi connectivity index (χ4v) is 3.24. The first-order chi connectivity index (χ1) is 11.1. The van der Waals surface area contributed by atoms with Gasteiger partial charge in [0.2, 0.25) is 0 Å². The number of esters is 1. The number of ether oxygens (including phenoxy) is 1. The summed E-state index contributed by atoms with van der Waals surface area (Å²) in [6.07, 6.45) is 0. The number of methoxy groups -OCH3 is 1. The first kappa shape index (κ1) is 15.2. The van der Waals surface area contributed by atoms with Gasteiger partial charge in [-0.15, -0.1) is 0 Å². The molecule has 0 atom stereocenters. The highest BCUT2D eigenvalue weighted by Gasteiger charge is 2.14. The van der Waals surface area contributed by atoms with E-state index >= 15 is 0 Å². The molecule has 0 saturated carbocycles. The van der Waals surface area contributed by atoms with Gasteiger partial charge in [0.25, 0.3) is 0 Å². The number of hydrogen-bond donors (Lipinski definition) is 0. The fourth-order valence-electron chi connectivity index (χ4n) is 2.31. The van der Waals surface area contributed by atoms with Crippen molar-refractivity contribution in [2.45, 2.75) is 6.54 Å². The zero-order valence-electron chi connectivity index (χ0n) is 12.3. The largest absolute Gasteiger partial charge is 0.468 e. The number of rotatable bonds is 4. The third-order valence-electron chi connectivity index (χ3n) is 3.48. The van der Waals surface area contributed by atoms with Gasteiger partial charge in [-0.2, -0.15) is 0 Å². The first-order valence-electron chi connectivity index (χ1n) is 6.90. The van der Waals surface area contributed by atoms with Crippen LogP contribution in [0.2, 0.25) is 0 Å². The molecule has 0 saturated heterocycles. The van der Waals surface area contributed by atoms with Crippen molar-refractivity contribution >= 4 is 33.3 Å². The van der Waals surface area contributed by atoms with E-state index in [1.165, 1.54) is 11.7 Å². The Labute approximate surface area is 135 Å². The molecule has 0 spiro atoms. The van der Waals surface area contributed by atoms with E-state index in [0.29, 0.717) is 21.3 Å². The highest BCUT2D eigenvalue weighted by atomic mass is 32.1. The van der Waals surface area contributed by atoms with Crippen molar-refractivity contribution in [2.75, 3.05) is 7.11 Å². The molecule has 3 rings (SSSR count). The minimum Gasteiger partial charge on any atom is -0.468 e. The Bertz CT molecular complexity index is 940. The average molecular weight is 327 g/mol. The molecule has 23 heavy (non-hydrogen) atoms. The summed E-state index contributed by atoms with van der Waals surface area (Å²) in [5, 5.41) is 0. The molecule has 0 N–H and O–H groups in total. The Morgan fingerprint density at radius 1 is 1.09 bits per heavy atom. The van der Waals surface area contributed by atoms with Crippen LogP contribution in [0.3, 0.4) is 0 Å². The molecule has 0 amide bonds. The van der Waals surface area contributed by atoms with Crippen LogP contribution in [0.25, 0.3) is 10.2 Å². The molecular weight excluding hydrogens is 314 g/mol. The van der Waals surface area contributed by atoms with E-state index in [-0.39, 0.29) is 17.2 Å². The highest BCUT2D eigenvalue weighted by Crippen LogP contribution is 2.21. The fraction of sp³-hybridized carbons (Fsp3) is 0.118. The van der Waals surface area contributed by atoms with Gasteiger partial charge in [-0.25, -0.2) is 0 Å². The number of carbonyl (C=O) groups is 2. The van der Waals surface area contributed by atoms with Crippen molar-refractivity contribution in [3.8, 4) is 0 Å². The van der Waals surface area contributed by atoms with Crippen molar-refractivity contribution in [1.29, 1.82) is 0 Å². The topological polar surface area (TPSA) is 65.4 Å². The number of nitrogens with zero attached hydrogens (tertiary/aromatic N) is 1. The summed E-state index contributed by atoms with van der Waals surface area (Å²) in [5.41, 5.74) is 1.72. The number of ketones is 1. The SMILES string of the molecule is COC(=O)Cn1c(=O)sc2cc(C(=O)c3ccccc3)ccc21. The maximum Gasteiger partial charge on any atom is 0.325 e. The Kier molecular flexibility index (Phi) is 4.08. The van der Waals surface area contributed by atoms with Gasteiger partial charge in [0.15, 0.2) is 5.78 Å². The molecule has 2 aromatic carbocycles. The van der Waals surface area contributed by atoms with Gasteiger partial charge in [0.1, 0.15) is 6.54 Å². The normalized spacial score (nSPS) is 10.7. The number of fused-ring (bicyclic) bond motifs is 1. The Balaban J connectivity index is 2.02. The number of carbonyl (C=O) groups excluding carboxylic acids is 2. The van der Waals surface area contributed by atoms with Gasteiger partial charge in [-0.3, -0.25) is 19.0 Å². The van der Waals surface area contributed by atoms with Crippen LogP contribution in [0.4, 0.5) is 0 Å². The number of hydrogen-bond acceptors (Lipinski definition) is 5. The lowest BCUT2D eigenvalue weighted by molar-refractivity contribution is -0.141. The molecule has 5 nitrogen and oxygen atoms in total. The maximum absolute atomic E-state index is 12.5. The zero-order valence-corrected chi connectivity index (χ0v) is 13.1. The van der Waals surface area contributed by atoms with E-state index in [4.69, 9.17) is 0 Å². The van der Waals surface area contributed by atoms with Crippen LogP contribution in [-0.4, -0.2) is 23.4 Å². The van der Waals surface area contributed by atoms with Crippen LogP contribution in [0.5, 0.6) is 0 Å². The van der Waals surface area contributed by atoms with Crippen molar-refractivity contribution in [3.63, 3.8) is 0 Å². The van der Waals surface area contributed by atoms with Crippen LogP contribution < -0.4 is 4.87 Å². The summed E-state index contributed by atoms with van der Waals surface area (Å²) in [7, 11) is 1.28. The number of benzene rings is 2. The molecular formula is C17H13NO4S. The quantitative estimate of drug-likeness (QED) is 0.545. The molecule has 1 heterocycles. The lowest BCUT2D eigenvalue weighted by Crippen LogP contribution is -2.19. The molecule has 0 aliphatic heterocycles. The molecule has 0 fully saturated rings. The monoisotopic (exact) mass is 327 g/mol. The minimum absolute atomic E-state index is 0.104. The molecule has 116 valence electrons. The van der Waals surface area contributed by atoms with Crippen LogP contribution in [0, 0.1) is 0 Å². The molecule has 6 heteroatoms. The highest BCUT2D eigenvalue weighted by molar-refractivity contribution is 7.16. The third kappa shape index (κ3) is 2.93. The van der Waals surface area contributed by atoms with E-state index in [9.17, 15) is 14.4 Å². The van der Waals surface area contributed by atoms with Crippen molar-refractivity contribution in [1.82, 2.24) is 4.57 Å². The van der Waals surface area contributed by atoms with Crippen molar-refractivity contribution < 1.29 is 14.3 Å². The molecule has 0 aliphatic rings. The van der Waals surface area contributed by atoms with Gasteiger partial charge >= 0.3 is 10.8 Å². The van der Waals surface area contributed by atoms with Gasteiger partial charge in [0.05, 0.1) is 17.3 Å². The Morgan fingerprint density at radius 3 is 2.52 bits per heavy atom. The van der Waals surface area contributed by atoms with Crippen LogP contribution in [0.15, 0.2) is 53.3 Å². The summed E-state index contributed by atoms with van der Waals surface area (Å²) in [6.45, 7) is -0.138. The second kappa shape index (κ2) is 6.18. The van der Waals surface area contributed by atoms with Crippen LogP contribution in [-0.2, 0) is 16.1 Å². The van der Waals surface area contributed by atoms with E-state index in [1.54, 1.807) is 42.5 Å². The summed E-state index contributed by atoms with van der Waals surface area (Å²) in [4.78, 5) is 35.6. The summed E-state index contributed by atoms with van der Waals surface area (Å²) >= 11 is 1.01. The van der Waals surface area contributed by atoms with Gasteiger partial charge in [-0.05, 0) is 18.2 Å². The lowest BCUT2D eigenvalue weighted by Gasteiger charge is -2.04. The molecule has 3 aromatic rings. The Hall–Kier alpha value is -2.73. The van der Waals surface area contributed by atoms with E-state index in [2.05, 4.69) is 4.74 Å². The van der Waals surface area contributed by atoms with Crippen molar-refractivity contribution in [3.05, 3.63) is 69.3 Å². The van der Waals surface area contributed by atoms with E-state index in [1.807, 2.05) is 6.07 Å². The van der Waals surface area contributed by atoms with Gasteiger partial charge < -0.3 is 4.74 Å². The molecule has 0 unspecified atom stereocenters. The lowest BCUT2D eigenvalue weighted by atomic mass is 10.0. The summed E-state index contributed by atoms with van der Waals surface area (Å²) in [6, 6.07) is 14.0. The standard InChI is InChI=1S/C17H13NO4S/c1-22-15(19)10-18-13-8-7-12(9-14(13)23-17(18)21)16(20)11-5-3-2-4-6-11/h2-9H,10H2,1H3. The predicted octanol–water partition coefficient (Wildman–Crippen LogP) is 2.47. The third-order valence-corrected chi connectivity index (χ3v) is 4.42. The first-order valence-corrected chi connectivity index (χ1v) is 7.72. The summed E-state index contributed by atoms with van der Waals surface area (Å²) < 4.78 is 6.62. The second-order valence-electron chi connectivity index (χ2n) is 4.91. The van der Waals surface area contributed by atoms with Crippen molar-refractivity contribution in [2.24, 2.45) is 0 Å².